The van der Waals surface area contributed by atoms with Gasteiger partial charge in [0.25, 0.3) is 0 Å². The Balaban J connectivity index is 2.60. The van der Waals surface area contributed by atoms with Crippen molar-refractivity contribution in [2.45, 2.75) is 17.1 Å². The molecule has 0 aliphatic carbocycles. The Morgan fingerprint density at radius 2 is 2.00 bits per heavy atom. The van der Waals surface area contributed by atoms with Crippen LogP contribution in [0.1, 0.15) is 6.92 Å². The summed E-state index contributed by atoms with van der Waals surface area (Å²) < 4.78 is 4.62. The zero-order chi connectivity index (χ0) is 10.6. The fourth-order valence-corrected chi connectivity index (χ4v) is 1.95. The van der Waals surface area contributed by atoms with Gasteiger partial charge in [-0.1, -0.05) is 11.6 Å². The van der Waals surface area contributed by atoms with Crippen molar-refractivity contribution in [3.63, 3.8) is 0 Å². The Morgan fingerprint density at radius 1 is 1.43 bits per heavy atom. The summed E-state index contributed by atoms with van der Waals surface area (Å²) in [6.45, 7) is 1.81. The standard InChI is InChI=1S/C10H11ClO2S/c1-7(10(12)13-2)14-9-5-3-8(11)4-6-9/h3-7H,1-2H3/t7-/m0/s1. The number of halogens is 1. The summed E-state index contributed by atoms with van der Waals surface area (Å²) in [5.41, 5.74) is 0. The topological polar surface area (TPSA) is 26.3 Å². The van der Waals surface area contributed by atoms with E-state index < -0.39 is 0 Å². The van der Waals surface area contributed by atoms with Crippen molar-refractivity contribution in [3.05, 3.63) is 29.3 Å². The lowest BCUT2D eigenvalue weighted by Gasteiger charge is -2.08. The molecule has 1 aromatic carbocycles. The SMILES string of the molecule is COC(=O)[C@H](C)Sc1ccc(Cl)cc1. The van der Waals surface area contributed by atoms with Gasteiger partial charge in [0, 0.05) is 9.92 Å². The Hall–Kier alpha value is -0.670. The van der Waals surface area contributed by atoms with Gasteiger partial charge < -0.3 is 4.74 Å². The summed E-state index contributed by atoms with van der Waals surface area (Å²) in [7, 11) is 1.39. The van der Waals surface area contributed by atoms with Gasteiger partial charge in [0.2, 0.25) is 0 Å². The molecule has 0 aromatic heterocycles. The highest BCUT2D eigenvalue weighted by Crippen LogP contribution is 2.25. The highest BCUT2D eigenvalue weighted by molar-refractivity contribution is 8.00. The molecule has 0 aliphatic heterocycles. The van der Waals surface area contributed by atoms with Crippen LogP contribution < -0.4 is 0 Å². The summed E-state index contributed by atoms with van der Waals surface area (Å²) >= 11 is 7.19. The molecule has 0 amide bonds. The van der Waals surface area contributed by atoms with Gasteiger partial charge >= 0.3 is 5.97 Å². The van der Waals surface area contributed by atoms with Gasteiger partial charge in [-0.15, -0.1) is 11.8 Å². The number of hydrogen-bond donors (Lipinski definition) is 0. The molecule has 0 saturated carbocycles. The number of benzene rings is 1. The molecule has 1 atom stereocenters. The molecule has 0 radical (unpaired) electrons. The van der Waals surface area contributed by atoms with Gasteiger partial charge in [-0.3, -0.25) is 4.79 Å². The number of rotatable bonds is 3. The largest absolute Gasteiger partial charge is 0.468 e. The molecule has 4 heteroatoms. The molecule has 0 spiro atoms. The van der Waals surface area contributed by atoms with Crippen LogP contribution in [0, 0.1) is 0 Å². The molecular weight excluding hydrogens is 220 g/mol. The van der Waals surface area contributed by atoms with Crippen LogP contribution in [-0.2, 0) is 9.53 Å². The molecule has 0 unspecified atom stereocenters. The summed E-state index contributed by atoms with van der Waals surface area (Å²) in [6, 6.07) is 7.36. The second-order valence-corrected chi connectivity index (χ2v) is 4.59. The fraction of sp³-hybridized carbons (Fsp3) is 0.300. The maximum absolute atomic E-state index is 11.1. The van der Waals surface area contributed by atoms with E-state index >= 15 is 0 Å². The number of methoxy groups -OCH3 is 1. The molecule has 2 nitrogen and oxygen atoms in total. The average molecular weight is 231 g/mol. The monoisotopic (exact) mass is 230 g/mol. The van der Waals surface area contributed by atoms with E-state index in [0.717, 1.165) is 4.90 Å². The third-order valence-electron chi connectivity index (χ3n) is 1.66. The quantitative estimate of drug-likeness (QED) is 0.590. The van der Waals surface area contributed by atoms with E-state index in [-0.39, 0.29) is 11.2 Å². The first kappa shape index (κ1) is 11.4. The van der Waals surface area contributed by atoms with E-state index in [0.29, 0.717) is 5.02 Å². The Morgan fingerprint density at radius 3 is 2.50 bits per heavy atom. The van der Waals surface area contributed by atoms with Crippen molar-refractivity contribution < 1.29 is 9.53 Å². The number of thioether (sulfide) groups is 1. The third-order valence-corrected chi connectivity index (χ3v) is 3.00. The van der Waals surface area contributed by atoms with E-state index in [1.807, 2.05) is 19.1 Å². The van der Waals surface area contributed by atoms with Gasteiger partial charge in [-0.25, -0.2) is 0 Å². The van der Waals surface area contributed by atoms with Crippen molar-refractivity contribution in [3.8, 4) is 0 Å². The zero-order valence-corrected chi connectivity index (χ0v) is 9.56. The molecule has 0 bridgehead atoms. The minimum Gasteiger partial charge on any atom is -0.468 e. The highest BCUT2D eigenvalue weighted by atomic mass is 35.5. The second-order valence-electron chi connectivity index (χ2n) is 2.74. The van der Waals surface area contributed by atoms with E-state index in [9.17, 15) is 4.79 Å². The molecular formula is C10H11ClO2S. The Bertz CT molecular complexity index is 310. The summed E-state index contributed by atoms with van der Waals surface area (Å²) in [5, 5.41) is 0.501. The van der Waals surface area contributed by atoms with Crippen LogP contribution in [0.5, 0.6) is 0 Å². The van der Waals surface area contributed by atoms with Crippen molar-refractivity contribution >= 4 is 29.3 Å². The molecule has 0 saturated heterocycles. The lowest BCUT2D eigenvalue weighted by atomic mass is 10.4. The second kappa shape index (κ2) is 5.27. The molecule has 1 rings (SSSR count). The van der Waals surface area contributed by atoms with E-state index in [4.69, 9.17) is 11.6 Å². The van der Waals surface area contributed by atoms with Crippen LogP contribution in [0.15, 0.2) is 29.2 Å². The molecule has 0 aliphatic rings. The number of ether oxygens (including phenoxy) is 1. The van der Waals surface area contributed by atoms with E-state index in [1.165, 1.54) is 18.9 Å². The Labute approximate surface area is 92.6 Å². The average Bonchev–Trinajstić information content (AvgIpc) is 2.20. The van der Waals surface area contributed by atoms with Gasteiger partial charge in [0.15, 0.2) is 0 Å². The van der Waals surface area contributed by atoms with E-state index in [2.05, 4.69) is 4.74 Å². The zero-order valence-electron chi connectivity index (χ0n) is 7.99. The number of carbonyl (C=O) groups is 1. The van der Waals surface area contributed by atoms with Crippen molar-refractivity contribution in [1.29, 1.82) is 0 Å². The lowest BCUT2D eigenvalue weighted by molar-refractivity contribution is -0.139. The summed E-state index contributed by atoms with van der Waals surface area (Å²) in [5.74, 6) is -0.218. The highest BCUT2D eigenvalue weighted by Gasteiger charge is 2.13. The van der Waals surface area contributed by atoms with Gasteiger partial charge in [0.05, 0.1) is 7.11 Å². The van der Waals surface area contributed by atoms with Gasteiger partial charge in [-0.05, 0) is 31.2 Å². The first-order chi connectivity index (χ1) is 6.63. The van der Waals surface area contributed by atoms with Crippen LogP contribution in [0.4, 0.5) is 0 Å². The molecule has 76 valence electrons. The fourth-order valence-electron chi connectivity index (χ4n) is 0.931. The smallest absolute Gasteiger partial charge is 0.318 e. The lowest BCUT2D eigenvalue weighted by Crippen LogP contribution is -2.14. The van der Waals surface area contributed by atoms with Crippen molar-refractivity contribution in [2.24, 2.45) is 0 Å². The normalized spacial score (nSPS) is 12.2. The molecule has 14 heavy (non-hydrogen) atoms. The predicted octanol–water partition coefficient (Wildman–Crippen LogP) is 2.99. The molecule has 1 aromatic rings. The third kappa shape index (κ3) is 3.24. The van der Waals surface area contributed by atoms with Crippen LogP contribution in [0.25, 0.3) is 0 Å². The van der Waals surface area contributed by atoms with Crippen molar-refractivity contribution in [2.75, 3.05) is 7.11 Å². The summed E-state index contributed by atoms with van der Waals surface area (Å²) in [4.78, 5) is 12.1. The van der Waals surface area contributed by atoms with Crippen molar-refractivity contribution in [1.82, 2.24) is 0 Å². The van der Waals surface area contributed by atoms with Crippen LogP contribution in [-0.4, -0.2) is 18.3 Å². The molecule has 0 heterocycles. The maximum atomic E-state index is 11.1. The minimum absolute atomic E-state index is 0.193. The molecule has 0 fully saturated rings. The predicted molar refractivity (Wildman–Crippen MR) is 58.8 cm³/mol. The maximum Gasteiger partial charge on any atom is 0.318 e. The number of esters is 1. The van der Waals surface area contributed by atoms with E-state index in [1.54, 1.807) is 12.1 Å². The Kier molecular flexibility index (Phi) is 4.29. The molecule has 0 N–H and O–H groups in total. The number of hydrogen-bond acceptors (Lipinski definition) is 3. The minimum atomic E-state index is -0.218. The summed E-state index contributed by atoms with van der Waals surface area (Å²) in [6.07, 6.45) is 0. The number of carbonyl (C=O) groups excluding carboxylic acids is 1. The first-order valence-electron chi connectivity index (χ1n) is 4.13. The van der Waals surface area contributed by atoms with Crippen LogP contribution in [0.3, 0.4) is 0 Å². The van der Waals surface area contributed by atoms with Crippen LogP contribution >= 0.6 is 23.4 Å². The van der Waals surface area contributed by atoms with Gasteiger partial charge in [-0.2, -0.15) is 0 Å². The van der Waals surface area contributed by atoms with Gasteiger partial charge in [0.1, 0.15) is 5.25 Å². The first-order valence-corrected chi connectivity index (χ1v) is 5.39. The van der Waals surface area contributed by atoms with Crippen LogP contribution in [0.2, 0.25) is 5.02 Å².